The Morgan fingerprint density at radius 3 is 2.83 bits per heavy atom. The maximum absolute atomic E-state index is 12.8. The fraction of sp³-hybridized carbons (Fsp3) is 0.111. The van der Waals surface area contributed by atoms with E-state index in [1.54, 1.807) is 30.6 Å². The third kappa shape index (κ3) is 3.77. The number of rotatable bonds is 7. The smallest absolute Gasteiger partial charge is 0.287 e. The van der Waals surface area contributed by atoms with E-state index < -0.39 is 23.6 Å². The van der Waals surface area contributed by atoms with E-state index in [1.165, 1.54) is 11.3 Å². The van der Waals surface area contributed by atoms with E-state index in [-0.39, 0.29) is 12.1 Å². The van der Waals surface area contributed by atoms with Crippen LogP contribution in [0.4, 0.5) is 0 Å². The molecule has 1 unspecified atom stereocenters. The van der Waals surface area contributed by atoms with Gasteiger partial charge in [-0.3, -0.25) is 19.4 Å². The number of nitrogens with two attached hydrogens (primary N) is 1. The van der Waals surface area contributed by atoms with Crippen LogP contribution in [0.2, 0.25) is 0 Å². The number of thiophene rings is 1. The van der Waals surface area contributed by atoms with Gasteiger partial charge in [-0.25, -0.2) is 0 Å². The molecule has 0 aliphatic rings. The number of pyridine rings is 1. The molecule has 0 saturated carbocycles. The summed E-state index contributed by atoms with van der Waals surface area (Å²) in [5.41, 5.74) is 7.73. The second-order valence-electron chi connectivity index (χ2n) is 6.15. The van der Waals surface area contributed by atoms with Gasteiger partial charge in [0.15, 0.2) is 5.69 Å². The number of Topliss-reactive ketones (excluding diaryl/α,β-unsaturated/α-hetero) is 1. The van der Waals surface area contributed by atoms with Crippen molar-refractivity contribution in [3.8, 4) is 11.4 Å². The number of carbonyl (C=O) groups excluding carboxylic acids is 3. The third-order valence-corrected chi connectivity index (χ3v) is 5.58. The molecule has 4 rings (SSSR count). The molecular formula is C18H14N6O3S2. The number of aromatic nitrogens is 4. The molecule has 0 fully saturated rings. The van der Waals surface area contributed by atoms with Crippen LogP contribution in [0, 0.1) is 0 Å². The molecule has 0 radical (unpaired) electrons. The van der Waals surface area contributed by atoms with Crippen molar-refractivity contribution in [2.75, 3.05) is 0 Å². The van der Waals surface area contributed by atoms with Gasteiger partial charge in [-0.2, -0.15) is 8.75 Å². The summed E-state index contributed by atoms with van der Waals surface area (Å²) in [4.78, 5) is 44.0. The van der Waals surface area contributed by atoms with Crippen molar-refractivity contribution < 1.29 is 14.4 Å². The van der Waals surface area contributed by atoms with Crippen LogP contribution in [0.25, 0.3) is 22.3 Å². The van der Waals surface area contributed by atoms with Gasteiger partial charge in [0.2, 0.25) is 5.78 Å². The zero-order chi connectivity index (χ0) is 20.4. The second kappa shape index (κ2) is 7.89. The predicted molar refractivity (Wildman–Crippen MR) is 108 cm³/mol. The minimum Gasteiger partial charge on any atom is -0.363 e. The summed E-state index contributed by atoms with van der Waals surface area (Å²) < 4.78 is 8.17. The first-order valence-electron chi connectivity index (χ1n) is 8.45. The van der Waals surface area contributed by atoms with Gasteiger partial charge in [0.05, 0.1) is 22.9 Å². The number of primary amides is 1. The number of fused-ring (bicyclic) bond motifs is 1. The summed E-state index contributed by atoms with van der Waals surface area (Å²) in [7, 11) is 0. The van der Waals surface area contributed by atoms with Crippen molar-refractivity contribution >= 4 is 51.6 Å². The minimum absolute atomic E-state index is 0.0331. The van der Waals surface area contributed by atoms with Crippen LogP contribution in [-0.2, 0) is 16.0 Å². The Morgan fingerprint density at radius 1 is 1.21 bits per heavy atom. The van der Waals surface area contributed by atoms with Gasteiger partial charge in [0, 0.05) is 35.0 Å². The lowest BCUT2D eigenvalue weighted by atomic mass is 10.0. The number of nitrogens with one attached hydrogen (secondary N) is 2. The summed E-state index contributed by atoms with van der Waals surface area (Å²) in [6, 6.07) is 4.08. The molecule has 0 aliphatic carbocycles. The Labute approximate surface area is 172 Å². The van der Waals surface area contributed by atoms with Crippen LogP contribution in [0.15, 0.2) is 41.4 Å². The molecule has 4 aromatic heterocycles. The summed E-state index contributed by atoms with van der Waals surface area (Å²) in [6.45, 7) is 0. The van der Waals surface area contributed by atoms with Crippen molar-refractivity contribution in [3.63, 3.8) is 0 Å². The van der Waals surface area contributed by atoms with Crippen molar-refractivity contribution in [3.05, 3.63) is 52.6 Å². The normalized spacial score (nSPS) is 12.0. The molecular weight excluding hydrogens is 412 g/mol. The molecule has 4 N–H and O–H groups in total. The molecule has 1 atom stereocenters. The summed E-state index contributed by atoms with van der Waals surface area (Å²) in [5, 5.41) is 7.37. The molecule has 0 aliphatic heterocycles. The maximum Gasteiger partial charge on any atom is 0.287 e. The average Bonchev–Trinajstić information content (AvgIpc) is 3.45. The number of H-pyrrole nitrogens is 1. The molecule has 9 nitrogen and oxygen atoms in total. The Kier molecular flexibility index (Phi) is 5.14. The molecule has 0 saturated heterocycles. The van der Waals surface area contributed by atoms with Crippen LogP contribution in [0.3, 0.4) is 0 Å². The van der Waals surface area contributed by atoms with E-state index in [4.69, 9.17) is 5.73 Å². The summed E-state index contributed by atoms with van der Waals surface area (Å²) in [6.07, 6.45) is 3.43. The van der Waals surface area contributed by atoms with E-state index in [0.29, 0.717) is 11.4 Å². The zero-order valence-corrected chi connectivity index (χ0v) is 16.4. The number of hydrogen-bond acceptors (Lipinski definition) is 8. The molecule has 4 aromatic rings. The highest BCUT2D eigenvalue weighted by atomic mass is 32.1. The molecule has 0 spiro atoms. The second-order valence-corrected chi connectivity index (χ2v) is 7.42. The third-order valence-electron chi connectivity index (χ3n) is 4.31. The van der Waals surface area contributed by atoms with Crippen molar-refractivity contribution in [1.82, 2.24) is 24.0 Å². The summed E-state index contributed by atoms with van der Waals surface area (Å²) in [5.74, 6) is -2.63. The van der Waals surface area contributed by atoms with Gasteiger partial charge in [0.1, 0.15) is 11.7 Å². The fourth-order valence-electron chi connectivity index (χ4n) is 2.90. The number of aromatic amines is 1. The van der Waals surface area contributed by atoms with Gasteiger partial charge in [0.25, 0.3) is 11.8 Å². The number of ketones is 1. The lowest BCUT2D eigenvalue weighted by Gasteiger charge is -2.15. The van der Waals surface area contributed by atoms with E-state index in [0.717, 1.165) is 28.2 Å². The Morgan fingerprint density at radius 2 is 2.07 bits per heavy atom. The SMILES string of the molecule is NC(=O)C(=O)C(Cc1c[nH]c2cscc12)NC(=O)c1nsnc1-c1ccccn1. The number of hydrogen-bond donors (Lipinski definition) is 3. The Hall–Kier alpha value is -3.44. The zero-order valence-electron chi connectivity index (χ0n) is 14.8. The van der Waals surface area contributed by atoms with E-state index in [2.05, 4.69) is 24.0 Å². The van der Waals surface area contributed by atoms with E-state index in [1.807, 2.05) is 10.8 Å². The highest BCUT2D eigenvalue weighted by Crippen LogP contribution is 2.24. The first kappa shape index (κ1) is 18.9. The van der Waals surface area contributed by atoms with E-state index >= 15 is 0 Å². The molecule has 146 valence electrons. The van der Waals surface area contributed by atoms with E-state index in [9.17, 15) is 14.4 Å². The largest absolute Gasteiger partial charge is 0.363 e. The monoisotopic (exact) mass is 426 g/mol. The summed E-state index contributed by atoms with van der Waals surface area (Å²) >= 11 is 2.37. The van der Waals surface area contributed by atoms with Crippen LogP contribution >= 0.6 is 23.1 Å². The van der Waals surface area contributed by atoms with Crippen LogP contribution in [-0.4, -0.2) is 42.4 Å². The van der Waals surface area contributed by atoms with Gasteiger partial charge < -0.3 is 16.0 Å². The highest BCUT2D eigenvalue weighted by Gasteiger charge is 2.29. The maximum atomic E-state index is 12.8. The number of carbonyl (C=O) groups is 3. The van der Waals surface area contributed by atoms with Crippen molar-refractivity contribution in [1.29, 1.82) is 0 Å². The first-order valence-corrected chi connectivity index (χ1v) is 10.1. The van der Waals surface area contributed by atoms with Crippen molar-refractivity contribution in [2.45, 2.75) is 12.5 Å². The fourth-order valence-corrected chi connectivity index (χ4v) is 4.27. The highest BCUT2D eigenvalue weighted by molar-refractivity contribution is 7.09. The van der Waals surface area contributed by atoms with Crippen molar-refractivity contribution in [2.24, 2.45) is 5.73 Å². The molecule has 11 heteroatoms. The Balaban J connectivity index is 1.61. The Bertz CT molecular complexity index is 1200. The topological polar surface area (TPSA) is 144 Å². The lowest BCUT2D eigenvalue weighted by Crippen LogP contribution is -2.47. The average molecular weight is 426 g/mol. The quantitative estimate of drug-likeness (QED) is 0.382. The molecule has 0 bridgehead atoms. The lowest BCUT2D eigenvalue weighted by molar-refractivity contribution is -0.137. The van der Waals surface area contributed by atoms with Gasteiger partial charge in [-0.05, 0) is 17.7 Å². The minimum atomic E-state index is -1.13. The molecule has 0 aromatic carbocycles. The number of amides is 2. The predicted octanol–water partition coefficient (Wildman–Crippen LogP) is 1.54. The van der Waals surface area contributed by atoms with Crippen LogP contribution in [0.5, 0.6) is 0 Å². The first-order chi connectivity index (χ1) is 14.0. The van der Waals surface area contributed by atoms with Gasteiger partial charge in [-0.1, -0.05) is 6.07 Å². The molecule has 29 heavy (non-hydrogen) atoms. The standard InChI is InChI=1S/C18H14N6O3S2/c19-17(26)16(25)12(5-9-6-21-13-8-28-7-10(9)13)22-18(27)15-14(23-29-24-15)11-3-1-2-4-20-11/h1-4,6-8,12,21H,5H2,(H2,19,26)(H,22,27). The molecule has 2 amide bonds. The van der Waals surface area contributed by atoms with Gasteiger partial charge >= 0.3 is 0 Å². The van der Waals surface area contributed by atoms with Crippen LogP contribution < -0.4 is 11.1 Å². The number of nitrogens with zero attached hydrogens (tertiary/aromatic N) is 3. The molecule has 4 heterocycles. The van der Waals surface area contributed by atoms with Gasteiger partial charge in [-0.15, -0.1) is 11.3 Å². The van der Waals surface area contributed by atoms with Crippen LogP contribution in [0.1, 0.15) is 16.1 Å².